The molecule has 0 saturated carbocycles. The number of para-hydroxylation sites is 1. The fourth-order valence-corrected chi connectivity index (χ4v) is 6.36. The number of rotatable bonds is 12. The van der Waals surface area contributed by atoms with Crippen LogP contribution in [0.3, 0.4) is 0 Å². The van der Waals surface area contributed by atoms with Gasteiger partial charge in [0.1, 0.15) is 11.6 Å². The van der Waals surface area contributed by atoms with Crippen molar-refractivity contribution in [1.82, 2.24) is 5.32 Å². The molecular weight excluding hydrogens is 520 g/mol. The molecule has 3 aromatic rings. The summed E-state index contributed by atoms with van der Waals surface area (Å²) in [6.07, 6.45) is 0.900. The van der Waals surface area contributed by atoms with E-state index in [9.17, 15) is 14.7 Å². The summed E-state index contributed by atoms with van der Waals surface area (Å²) in [7, 11) is 0. The summed E-state index contributed by atoms with van der Waals surface area (Å²) in [5, 5.41) is 16.3. The molecule has 0 heterocycles. The van der Waals surface area contributed by atoms with Crippen LogP contribution in [0.5, 0.6) is 0 Å². The molecule has 1 amide bonds. The van der Waals surface area contributed by atoms with Crippen molar-refractivity contribution >= 4 is 29.5 Å². The Morgan fingerprint density at radius 2 is 1.38 bits per heavy atom. The van der Waals surface area contributed by atoms with Crippen LogP contribution in [0.4, 0.5) is 10.5 Å². The van der Waals surface area contributed by atoms with Crippen molar-refractivity contribution in [2.75, 3.05) is 5.32 Å². The van der Waals surface area contributed by atoms with Crippen LogP contribution in [0.25, 0.3) is 0 Å². The van der Waals surface area contributed by atoms with Crippen LogP contribution >= 0.6 is 11.8 Å². The summed E-state index contributed by atoms with van der Waals surface area (Å²) < 4.78 is 4.81. The minimum Gasteiger partial charge on any atom is -0.480 e. The molecule has 3 rings (SSSR count). The predicted octanol–water partition coefficient (Wildman–Crippen LogP) is 7.88. The molecule has 0 aliphatic rings. The fraction of sp³-hybridized carbons (Fsp3) is 0.394. The maximum absolute atomic E-state index is 13.0. The first-order valence-corrected chi connectivity index (χ1v) is 14.8. The lowest BCUT2D eigenvalue weighted by molar-refractivity contribution is -0.140. The molecule has 0 radical (unpaired) electrons. The molecule has 2 unspecified atom stereocenters. The van der Waals surface area contributed by atoms with E-state index in [2.05, 4.69) is 41.8 Å². The summed E-state index contributed by atoms with van der Waals surface area (Å²) in [5.41, 5.74) is 2.88. The zero-order valence-corrected chi connectivity index (χ0v) is 25.1. The molecule has 3 atom stereocenters. The number of carbonyl (C=O) groups excluding carboxylic acids is 1. The Labute approximate surface area is 242 Å². The molecule has 0 aromatic heterocycles. The molecule has 0 aliphatic heterocycles. The first-order valence-electron chi connectivity index (χ1n) is 13.9. The number of carbonyl (C=O) groups is 2. The topological polar surface area (TPSA) is 87.7 Å². The average molecular weight is 563 g/mol. The first-order chi connectivity index (χ1) is 19.0. The maximum atomic E-state index is 13.0. The molecule has 0 aliphatic carbocycles. The van der Waals surface area contributed by atoms with Crippen LogP contribution < -0.4 is 10.6 Å². The van der Waals surface area contributed by atoms with Crippen LogP contribution in [0.1, 0.15) is 71.1 Å². The van der Waals surface area contributed by atoms with Crippen molar-refractivity contribution in [1.29, 1.82) is 0 Å². The molecule has 0 saturated heterocycles. The number of hydrogen-bond acceptors (Lipinski definition) is 5. The minimum atomic E-state index is -0.856. The van der Waals surface area contributed by atoms with Gasteiger partial charge in [0, 0.05) is 11.3 Å². The van der Waals surface area contributed by atoms with Gasteiger partial charge >= 0.3 is 12.1 Å². The second-order valence-electron chi connectivity index (χ2n) is 11.0. The SMILES string of the molecule is CCC(C)C(N[C@@H](CC)SC(c1ccccc1)(c1ccccc1)c1ccccc1NC(=O)OC(C)(C)C)C(=O)O. The van der Waals surface area contributed by atoms with Crippen molar-refractivity contribution in [2.45, 2.75) is 76.1 Å². The molecule has 40 heavy (non-hydrogen) atoms. The molecule has 0 spiro atoms. The van der Waals surface area contributed by atoms with Gasteiger partial charge in [-0.1, -0.05) is 106 Å². The number of ether oxygens (including phenoxy) is 1. The van der Waals surface area contributed by atoms with E-state index in [1.165, 1.54) is 0 Å². The Kier molecular flexibility index (Phi) is 10.8. The van der Waals surface area contributed by atoms with Gasteiger partial charge in [0.2, 0.25) is 0 Å². The van der Waals surface area contributed by atoms with E-state index in [0.29, 0.717) is 12.1 Å². The number of benzene rings is 3. The quantitative estimate of drug-likeness (QED) is 0.154. The largest absolute Gasteiger partial charge is 0.480 e. The van der Waals surface area contributed by atoms with E-state index >= 15 is 0 Å². The minimum absolute atomic E-state index is 0.0453. The van der Waals surface area contributed by atoms with Crippen molar-refractivity contribution in [2.24, 2.45) is 5.92 Å². The molecule has 7 heteroatoms. The molecule has 214 valence electrons. The Morgan fingerprint density at radius 3 is 1.85 bits per heavy atom. The molecule has 0 fully saturated rings. The third kappa shape index (κ3) is 7.67. The van der Waals surface area contributed by atoms with Crippen molar-refractivity contribution in [3.8, 4) is 0 Å². The number of carboxylic acids is 1. The third-order valence-corrected chi connectivity index (χ3v) is 8.64. The summed E-state index contributed by atoms with van der Waals surface area (Å²) >= 11 is 1.66. The highest BCUT2D eigenvalue weighted by atomic mass is 32.2. The highest BCUT2D eigenvalue weighted by Gasteiger charge is 2.42. The number of thioether (sulfide) groups is 1. The van der Waals surface area contributed by atoms with Crippen LogP contribution in [0, 0.1) is 5.92 Å². The average Bonchev–Trinajstić information content (AvgIpc) is 2.93. The van der Waals surface area contributed by atoms with E-state index in [1.807, 2.05) is 95.3 Å². The van der Waals surface area contributed by atoms with Gasteiger partial charge in [-0.2, -0.15) is 0 Å². The molecule has 0 bridgehead atoms. The Bertz CT molecular complexity index is 1200. The number of anilines is 1. The zero-order chi connectivity index (χ0) is 29.3. The van der Waals surface area contributed by atoms with Gasteiger partial charge in [0.05, 0.1) is 10.1 Å². The Balaban J connectivity index is 2.24. The van der Waals surface area contributed by atoms with Gasteiger partial charge < -0.3 is 9.84 Å². The predicted molar refractivity (Wildman–Crippen MR) is 165 cm³/mol. The second-order valence-corrected chi connectivity index (χ2v) is 12.4. The monoisotopic (exact) mass is 562 g/mol. The smallest absolute Gasteiger partial charge is 0.412 e. The van der Waals surface area contributed by atoms with Gasteiger partial charge in [-0.15, -0.1) is 11.8 Å². The number of hydrogen-bond donors (Lipinski definition) is 3. The van der Waals surface area contributed by atoms with Crippen molar-refractivity contribution < 1.29 is 19.4 Å². The summed E-state index contributed by atoms with van der Waals surface area (Å²) in [6.45, 7) is 11.5. The van der Waals surface area contributed by atoms with Gasteiger partial charge in [-0.3, -0.25) is 15.4 Å². The lowest BCUT2D eigenvalue weighted by Gasteiger charge is -2.40. The zero-order valence-electron chi connectivity index (χ0n) is 24.3. The number of amides is 1. The van der Waals surface area contributed by atoms with Gasteiger partial charge in [-0.25, -0.2) is 4.79 Å². The van der Waals surface area contributed by atoms with E-state index in [0.717, 1.165) is 23.1 Å². The fourth-order valence-electron chi connectivity index (χ4n) is 4.70. The third-order valence-electron chi connectivity index (χ3n) is 6.84. The van der Waals surface area contributed by atoms with E-state index in [-0.39, 0.29) is 11.3 Å². The lowest BCUT2D eigenvalue weighted by Crippen LogP contribution is -2.47. The van der Waals surface area contributed by atoms with Crippen LogP contribution in [-0.4, -0.2) is 34.2 Å². The van der Waals surface area contributed by atoms with Crippen LogP contribution in [0.15, 0.2) is 84.9 Å². The van der Waals surface area contributed by atoms with Gasteiger partial charge in [0.15, 0.2) is 0 Å². The first kappa shape index (κ1) is 31.2. The highest BCUT2D eigenvalue weighted by Crippen LogP contribution is 2.52. The molecule has 6 nitrogen and oxygen atoms in total. The normalized spacial score (nSPS) is 14.2. The van der Waals surface area contributed by atoms with Crippen LogP contribution in [0.2, 0.25) is 0 Å². The maximum Gasteiger partial charge on any atom is 0.412 e. The summed E-state index contributed by atoms with van der Waals surface area (Å²) in [5.74, 6) is -0.901. The Morgan fingerprint density at radius 1 is 0.850 bits per heavy atom. The highest BCUT2D eigenvalue weighted by molar-refractivity contribution is 8.01. The Hall–Kier alpha value is -3.29. The van der Waals surface area contributed by atoms with E-state index in [1.54, 1.807) is 11.8 Å². The van der Waals surface area contributed by atoms with Gasteiger partial charge in [0.25, 0.3) is 0 Å². The number of aliphatic carboxylic acids is 1. The number of nitrogens with one attached hydrogen (secondary N) is 2. The van der Waals surface area contributed by atoms with E-state index < -0.39 is 28.5 Å². The molecule has 3 N–H and O–H groups in total. The van der Waals surface area contributed by atoms with E-state index in [4.69, 9.17) is 4.74 Å². The number of carboxylic acid groups (broad SMARTS) is 1. The summed E-state index contributed by atoms with van der Waals surface area (Å²) in [6, 6.07) is 27.4. The lowest BCUT2D eigenvalue weighted by atomic mass is 9.83. The molecular formula is C33H42N2O4S. The van der Waals surface area contributed by atoms with Crippen molar-refractivity contribution in [3.63, 3.8) is 0 Å². The molecule has 3 aromatic carbocycles. The van der Waals surface area contributed by atoms with Crippen LogP contribution in [-0.2, 0) is 14.3 Å². The van der Waals surface area contributed by atoms with Gasteiger partial charge in [-0.05, 0) is 50.3 Å². The summed E-state index contributed by atoms with van der Waals surface area (Å²) in [4.78, 5) is 25.3. The van der Waals surface area contributed by atoms with Crippen molar-refractivity contribution in [3.05, 3.63) is 102 Å². The standard InChI is InChI=1S/C33H42N2O4S/c1-7-23(3)29(30(36)37)35-28(8-2)40-33(24-17-11-9-12-18-24,25-19-13-10-14-20-25)26-21-15-16-22-27(26)34-31(38)39-32(4,5)6/h9-23,28-29,35H,7-8H2,1-6H3,(H,34,38)(H,36,37)/t23?,28-,29?/m1/s1. The second kappa shape index (κ2) is 13.9.